The Morgan fingerprint density at radius 2 is 1.63 bits per heavy atom. The second-order valence-electron chi connectivity index (χ2n) is 10.5. The van der Waals surface area contributed by atoms with Gasteiger partial charge in [-0.2, -0.15) is 8.42 Å². The fraction of sp³-hybridized carbons (Fsp3) is 0.957. The molecule has 7 heteroatoms. The van der Waals surface area contributed by atoms with Gasteiger partial charge in [0.15, 0.2) is 0 Å². The van der Waals surface area contributed by atoms with E-state index in [-0.39, 0.29) is 22.9 Å². The molecule has 0 saturated heterocycles. The monoisotopic (exact) mass is 460 g/mol. The normalized spacial score (nSPS) is 45.4. The van der Waals surface area contributed by atoms with Crippen LogP contribution in [0.1, 0.15) is 85.5 Å². The van der Waals surface area contributed by atoms with Gasteiger partial charge in [-0.15, -0.1) is 0 Å². The Hall–Kier alpha value is -0.110. The summed E-state index contributed by atoms with van der Waals surface area (Å²) >= 11 is 0. The quantitative estimate of drug-likeness (QED) is 0.446. The summed E-state index contributed by atoms with van der Waals surface area (Å²) in [6.45, 7) is 8.25. The van der Waals surface area contributed by atoms with Crippen LogP contribution in [0.4, 0.5) is 0 Å². The molecule has 0 radical (unpaired) electrons. The van der Waals surface area contributed by atoms with Gasteiger partial charge in [0.05, 0.1) is 11.4 Å². The van der Waals surface area contributed by atoms with Crippen molar-refractivity contribution in [2.45, 2.75) is 91.1 Å². The van der Waals surface area contributed by atoms with Crippen LogP contribution in [0.3, 0.4) is 0 Å². The third kappa shape index (κ3) is 4.79. The van der Waals surface area contributed by atoms with Gasteiger partial charge >= 0.3 is 9.15 Å². The van der Waals surface area contributed by atoms with Crippen molar-refractivity contribution in [3.8, 4) is 0 Å². The summed E-state index contributed by atoms with van der Waals surface area (Å²) in [6.07, 6.45) is 9.54. The highest BCUT2D eigenvalue weighted by Crippen LogP contribution is 2.64. The van der Waals surface area contributed by atoms with Crippen LogP contribution in [0.5, 0.6) is 0 Å². The lowest BCUT2D eigenvalue weighted by atomic mass is 9.49. The summed E-state index contributed by atoms with van der Waals surface area (Å²) in [5.41, 5.74) is -0.516. The number of aliphatic hydroxyl groups is 1. The highest BCUT2D eigenvalue weighted by Gasteiger charge is 2.58. The SMILES string of the molecule is CC.CC12CCC3C4CC[C@](C)(O)CC4CCC3C1CC[C@@H]2C(=O)CSS(=O)(=O)O. The first-order chi connectivity index (χ1) is 14.0. The molecule has 174 valence electrons. The summed E-state index contributed by atoms with van der Waals surface area (Å²) in [5.74, 6) is 3.13. The Bertz CT molecular complexity index is 734. The highest BCUT2D eigenvalue weighted by molar-refractivity contribution is 8.70. The highest BCUT2D eigenvalue weighted by atomic mass is 33.1. The van der Waals surface area contributed by atoms with Gasteiger partial charge in [-0.05, 0) is 99.7 Å². The molecule has 4 saturated carbocycles. The van der Waals surface area contributed by atoms with Crippen molar-refractivity contribution in [2.75, 3.05) is 5.75 Å². The third-order valence-corrected chi connectivity index (χ3v) is 10.9. The number of ketones is 1. The maximum absolute atomic E-state index is 12.8. The van der Waals surface area contributed by atoms with Crippen LogP contribution in [-0.2, 0) is 13.9 Å². The molecule has 6 unspecified atom stereocenters. The molecule has 0 spiro atoms. The van der Waals surface area contributed by atoms with Gasteiger partial charge in [0.1, 0.15) is 5.78 Å². The van der Waals surface area contributed by atoms with E-state index in [2.05, 4.69) is 6.92 Å². The Morgan fingerprint density at radius 1 is 0.967 bits per heavy atom. The van der Waals surface area contributed by atoms with Gasteiger partial charge in [0, 0.05) is 16.7 Å². The minimum atomic E-state index is -4.16. The van der Waals surface area contributed by atoms with Gasteiger partial charge in [-0.1, -0.05) is 20.8 Å². The van der Waals surface area contributed by atoms with Crippen LogP contribution in [-0.4, -0.2) is 35.2 Å². The predicted octanol–water partition coefficient (Wildman–Crippen LogP) is 5.14. The van der Waals surface area contributed by atoms with Gasteiger partial charge in [0.2, 0.25) is 0 Å². The summed E-state index contributed by atoms with van der Waals surface area (Å²) in [4.78, 5) is 12.8. The Kier molecular flexibility index (Phi) is 7.38. The molecule has 30 heavy (non-hydrogen) atoms. The third-order valence-electron chi connectivity index (χ3n) is 8.98. The second kappa shape index (κ2) is 9.03. The van der Waals surface area contributed by atoms with Gasteiger partial charge in [-0.3, -0.25) is 9.35 Å². The van der Waals surface area contributed by atoms with Crippen LogP contribution in [0, 0.1) is 40.9 Å². The molecule has 4 rings (SSSR count). The minimum Gasteiger partial charge on any atom is -0.390 e. The van der Waals surface area contributed by atoms with Crippen molar-refractivity contribution in [1.82, 2.24) is 0 Å². The molecule has 0 bridgehead atoms. The van der Waals surface area contributed by atoms with Crippen LogP contribution in [0.25, 0.3) is 0 Å². The van der Waals surface area contributed by atoms with E-state index in [1.807, 2.05) is 20.8 Å². The number of hydrogen-bond donors (Lipinski definition) is 2. The summed E-state index contributed by atoms with van der Waals surface area (Å²) in [7, 11) is -3.81. The van der Waals surface area contributed by atoms with E-state index < -0.39 is 14.8 Å². The lowest BCUT2D eigenvalue weighted by molar-refractivity contribution is -0.129. The van der Waals surface area contributed by atoms with Gasteiger partial charge in [-0.25, -0.2) is 0 Å². The molecule has 4 fully saturated rings. The zero-order chi connectivity index (χ0) is 22.3. The topological polar surface area (TPSA) is 91.7 Å². The van der Waals surface area contributed by atoms with E-state index in [0.717, 1.165) is 56.8 Å². The van der Waals surface area contributed by atoms with Crippen molar-refractivity contribution in [3.63, 3.8) is 0 Å². The number of rotatable bonds is 4. The van der Waals surface area contributed by atoms with E-state index in [0.29, 0.717) is 28.5 Å². The zero-order valence-electron chi connectivity index (χ0n) is 19.0. The van der Waals surface area contributed by atoms with Crippen LogP contribution in [0.15, 0.2) is 0 Å². The zero-order valence-corrected chi connectivity index (χ0v) is 20.6. The van der Waals surface area contributed by atoms with Crippen molar-refractivity contribution < 1.29 is 22.9 Å². The van der Waals surface area contributed by atoms with E-state index in [9.17, 15) is 18.3 Å². The molecule has 0 aliphatic heterocycles. The maximum atomic E-state index is 12.8. The number of carbonyl (C=O) groups excluding carboxylic acids is 1. The number of fused-ring (bicyclic) bond motifs is 5. The second-order valence-corrected chi connectivity index (χ2v) is 13.9. The Morgan fingerprint density at radius 3 is 2.30 bits per heavy atom. The van der Waals surface area contributed by atoms with E-state index >= 15 is 0 Å². The van der Waals surface area contributed by atoms with Crippen molar-refractivity contribution >= 4 is 25.7 Å². The molecule has 8 atom stereocenters. The van der Waals surface area contributed by atoms with Gasteiger partial charge in [0.25, 0.3) is 0 Å². The van der Waals surface area contributed by atoms with E-state index in [1.165, 1.54) is 12.8 Å². The molecule has 0 aromatic carbocycles. The predicted molar refractivity (Wildman–Crippen MR) is 122 cm³/mol. The van der Waals surface area contributed by atoms with E-state index in [1.54, 1.807) is 0 Å². The van der Waals surface area contributed by atoms with E-state index in [4.69, 9.17) is 4.55 Å². The Balaban J connectivity index is 0.00000124. The summed E-state index contributed by atoms with van der Waals surface area (Å²) < 4.78 is 31.0. The standard InChI is InChI=1S/C21H34O5S2.C2H6/c1-20(23)9-7-14-13(11-20)3-4-16-15(14)8-10-21(2)17(16)5-6-18(21)19(22)12-27-28(24,25)26;1-2/h13-18,23H,3-12H2,1-2H3,(H,24,25,26);1-2H3/t13?,14?,15?,16?,17?,18-,20+,21?;/m1./s1. The van der Waals surface area contributed by atoms with Crippen molar-refractivity contribution in [3.05, 3.63) is 0 Å². The lowest BCUT2D eigenvalue weighted by Crippen LogP contribution is -2.51. The molecule has 5 nitrogen and oxygen atoms in total. The molecule has 4 aliphatic rings. The molecule has 0 aromatic rings. The van der Waals surface area contributed by atoms with Crippen molar-refractivity contribution in [1.29, 1.82) is 0 Å². The first kappa shape index (κ1) is 24.5. The van der Waals surface area contributed by atoms with Gasteiger partial charge < -0.3 is 5.11 Å². The summed E-state index contributed by atoms with van der Waals surface area (Å²) in [5, 5.41) is 10.5. The summed E-state index contributed by atoms with van der Waals surface area (Å²) in [6, 6.07) is 0. The fourth-order valence-corrected chi connectivity index (χ4v) is 9.11. The number of hydrogen-bond acceptors (Lipinski definition) is 5. The first-order valence-electron chi connectivity index (χ1n) is 11.9. The molecular weight excluding hydrogens is 420 g/mol. The lowest BCUT2D eigenvalue weighted by Gasteiger charge is -2.56. The number of Topliss-reactive ketones (excluding diaryl/α,β-unsaturated/α-hetero) is 1. The van der Waals surface area contributed by atoms with Crippen LogP contribution >= 0.6 is 10.8 Å². The average molecular weight is 461 g/mol. The molecule has 0 amide bonds. The smallest absolute Gasteiger partial charge is 0.320 e. The van der Waals surface area contributed by atoms with Crippen molar-refractivity contribution in [2.24, 2.45) is 40.9 Å². The number of carbonyl (C=O) groups is 1. The van der Waals surface area contributed by atoms with Crippen LogP contribution in [0.2, 0.25) is 0 Å². The molecule has 0 aromatic heterocycles. The largest absolute Gasteiger partial charge is 0.390 e. The first-order valence-corrected chi connectivity index (χ1v) is 14.8. The molecular formula is C23H40O5S2. The Labute approximate surface area is 186 Å². The molecule has 2 N–H and O–H groups in total. The maximum Gasteiger partial charge on any atom is 0.320 e. The molecule has 4 aliphatic carbocycles. The minimum absolute atomic E-state index is 0.00604. The average Bonchev–Trinajstić information content (AvgIpc) is 3.03. The molecule has 0 heterocycles. The van der Waals surface area contributed by atoms with Crippen LogP contribution < -0.4 is 0 Å². The fourth-order valence-electron chi connectivity index (χ4n) is 7.84.